The van der Waals surface area contributed by atoms with E-state index in [1.165, 1.54) is 0 Å². The van der Waals surface area contributed by atoms with Gasteiger partial charge in [0.05, 0.1) is 13.5 Å². The maximum absolute atomic E-state index is 12.8. The zero-order valence-corrected chi connectivity index (χ0v) is 15.9. The SMILES string of the molecule is CCCC(=O)N1CCCN(C(=O)Cc2cc(C)cc(C)c2OC)CC1. The van der Waals surface area contributed by atoms with E-state index in [4.69, 9.17) is 4.74 Å². The van der Waals surface area contributed by atoms with E-state index in [0.29, 0.717) is 32.5 Å². The van der Waals surface area contributed by atoms with Crippen LogP contribution in [0.25, 0.3) is 0 Å². The standard InChI is InChI=1S/C20H30N2O3/c1-5-7-18(23)21-8-6-9-22(11-10-21)19(24)14-17-13-15(2)12-16(3)20(17)25-4/h12-13H,5-11,14H2,1-4H3. The maximum Gasteiger partial charge on any atom is 0.227 e. The van der Waals surface area contributed by atoms with Crippen LogP contribution in [-0.2, 0) is 16.0 Å². The highest BCUT2D eigenvalue weighted by Gasteiger charge is 2.22. The van der Waals surface area contributed by atoms with Crippen LogP contribution in [0.2, 0.25) is 0 Å². The molecule has 1 heterocycles. The largest absolute Gasteiger partial charge is 0.496 e. The second kappa shape index (κ2) is 8.88. The van der Waals surface area contributed by atoms with Gasteiger partial charge in [0, 0.05) is 38.2 Å². The molecule has 0 radical (unpaired) electrons. The Kier molecular flexibility index (Phi) is 6.85. The molecule has 1 saturated heterocycles. The molecule has 1 aliphatic rings. The third-order valence-electron chi connectivity index (χ3n) is 4.71. The van der Waals surface area contributed by atoms with Crippen molar-refractivity contribution in [2.45, 2.75) is 46.5 Å². The second-order valence-corrected chi connectivity index (χ2v) is 6.82. The smallest absolute Gasteiger partial charge is 0.227 e. The molecule has 2 rings (SSSR count). The molecule has 5 heteroatoms. The van der Waals surface area contributed by atoms with Crippen LogP contribution in [0.4, 0.5) is 0 Å². The minimum absolute atomic E-state index is 0.105. The Morgan fingerprint density at radius 2 is 1.68 bits per heavy atom. The number of carbonyl (C=O) groups excluding carboxylic acids is 2. The first-order chi connectivity index (χ1) is 12.0. The molecule has 0 saturated carbocycles. The lowest BCUT2D eigenvalue weighted by Gasteiger charge is -2.23. The van der Waals surface area contributed by atoms with Crippen LogP contribution in [0.5, 0.6) is 5.75 Å². The van der Waals surface area contributed by atoms with Crippen molar-refractivity contribution in [3.8, 4) is 5.75 Å². The number of aryl methyl sites for hydroxylation is 2. The molecular formula is C20H30N2O3. The van der Waals surface area contributed by atoms with E-state index in [9.17, 15) is 9.59 Å². The van der Waals surface area contributed by atoms with Gasteiger partial charge in [0.15, 0.2) is 0 Å². The van der Waals surface area contributed by atoms with Crippen molar-refractivity contribution in [3.63, 3.8) is 0 Å². The number of amides is 2. The fraction of sp³-hybridized carbons (Fsp3) is 0.600. The summed E-state index contributed by atoms with van der Waals surface area (Å²) in [6.07, 6.45) is 2.64. The van der Waals surface area contributed by atoms with Gasteiger partial charge in [-0.15, -0.1) is 0 Å². The highest BCUT2D eigenvalue weighted by molar-refractivity contribution is 5.80. The van der Waals surface area contributed by atoms with Gasteiger partial charge < -0.3 is 14.5 Å². The van der Waals surface area contributed by atoms with Crippen LogP contribution < -0.4 is 4.74 Å². The summed E-state index contributed by atoms with van der Waals surface area (Å²) in [7, 11) is 1.65. The summed E-state index contributed by atoms with van der Waals surface area (Å²) in [4.78, 5) is 28.6. The zero-order valence-electron chi connectivity index (χ0n) is 15.9. The quantitative estimate of drug-likeness (QED) is 0.824. The van der Waals surface area contributed by atoms with Gasteiger partial charge in [-0.2, -0.15) is 0 Å². The Hall–Kier alpha value is -2.04. The van der Waals surface area contributed by atoms with E-state index in [2.05, 4.69) is 6.07 Å². The first-order valence-electron chi connectivity index (χ1n) is 9.16. The first kappa shape index (κ1) is 19.3. The van der Waals surface area contributed by atoms with Crippen LogP contribution in [0.15, 0.2) is 12.1 Å². The summed E-state index contributed by atoms with van der Waals surface area (Å²) in [5.41, 5.74) is 3.12. The van der Waals surface area contributed by atoms with E-state index in [1.807, 2.05) is 36.6 Å². The molecule has 2 amide bonds. The Balaban J connectivity index is 2.03. The molecule has 1 aromatic carbocycles. The molecule has 0 bridgehead atoms. The minimum atomic E-state index is 0.105. The van der Waals surface area contributed by atoms with Crippen molar-refractivity contribution < 1.29 is 14.3 Å². The average molecular weight is 346 g/mol. The third-order valence-corrected chi connectivity index (χ3v) is 4.71. The number of carbonyl (C=O) groups is 2. The predicted octanol–water partition coefficient (Wildman–Crippen LogP) is 2.72. The number of nitrogens with zero attached hydrogens (tertiary/aromatic N) is 2. The Morgan fingerprint density at radius 1 is 1.04 bits per heavy atom. The zero-order chi connectivity index (χ0) is 18.4. The van der Waals surface area contributed by atoms with Gasteiger partial charge in [0.1, 0.15) is 5.75 Å². The predicted molar refractivity (Wildman–Crippen MR) is 98.9 cm³/mol. The van der Waals surface area contributed by atoms with Crippen LogP contribution in [0.1, 0.15) is 42.9 Å². The van der Waals surface area contributed by atoms with Crippen molar-refractivity contribution in [2.75, 3.05) is 33.3 Å². The molecule has 1 fully saturated rings. The average Bonchev–Trinajstić information content (AvgIpc) is 2.81. The van der Waals surface area contributed by atoms with Crippen LogP contribution in [-0.4, -0.2) is 54.9 Å². The normalized spacial score (nSPS) is 15.0. The molecule has 1 aromatic rings. The van der Waals surface area contributed by atoms with E-state index < -0.39 is 0 Å². The van der Waals surface area contributed by atoms with Gasteiger partial charge in [0.2, 0.25) is 11.8 Å². The molecule has 0 unspecified atom stereocenters. The number of hydrogen-bond donors (Lipinski definition) is 0. The topological polar surface area (TPSA) is 49.9 Å². The van der Waals surface area contributed by atoms with E-state index in [-0.39, 0.29) is 11.8 Å². The number of benzene rings is 1. The molecule has 0 spiro atoms. The van der Waals surface area contributed by atoms with Gasteiger partial charge in [-0.1, -0.05) is 24.6 Å². The number of rotatable bonds is 5. The monoisotopic (exact) mass is 346 g/mol. The van der Waals surface area contributed by atoms with Crippen LogP contribution in [0, 0.1) is 13.8 Å². The molecule has 138 valence electrons. The lowest BCUT2D eigenvalue weighted by Crippen LogP contribution is -2.37. The van der Waals surface area contributed by atoms with Gasteiger partial charge in [-0.25, -0.2) is 0 Å². The van der Waals surface area contributed by atoms with Crippen molar-refractivity contribution in [1.82, 2.24) is 9.80 Å². The molecule has 0 aliphatic carbocycles. The van der Waals surface area contributed by atoms with E-state index in [1.54, 1.807) is 7.11 Å². The summed E-state index contributed by atoms with van der Waals surface area (Å²) in [6, 6.07) is 4.09. The lowest BCUT2D eigenvalue weighted by molar-refractivity contribution is -0.133. The number of ether oxygens (including phenoxy) is 1. The molecule has 0 N–H and O–H groups in total. The number of methoxy groups -OCH3 is 1. The van der Waals surface area contributed by atoms with Crippen molar-refractivity contribution in [1.29, 1.82) is 0 Å². The summed E-state index contributed by atoms with van der Waals surface area (Å²) < 4.78 is 5.50. The van der Waals surface area contributed by atoms with Crippen molar-refractivity contribution in [2.24, 2.45) is 0 Å². The summed E-state index contributed by atoms with van der Waals surface area (Å²) in [5.74, 6) is 1.11. The van der Waals surface area contributed by atoms with Gasteiger partial charge in [-0.3, -0.25) is 9.59 Å². The van der Waals surface area contributed by atoms with Crippen LogP contribution in [0.3, 0.4) is 0 Å². The summed E-state index contributed by atoms with van der Waals surface area (Å²) >= 11 is 0. The Morgan fingerprint density at radius 3 is 2.28 bits per heavy atom. The molecule has 0 atom stereocenters. The Labute approximate surface area is 150 Å². The first-order valence-corrected chi connectivity index (χ1v) is 9.16. The highest BCUT2D eigenvalue weighted by Crippen LogP contribution is 2.26. The summed E-state index contributed by atoms with van der Waals surface area (Å²) in [5, 5.41) is 0. The van der Waals surface area contributed by atoms with Gasteiger partial charge in [-0.05, 0) is 32.3 Å². The summed E-state index contributed by atoms with van der Waals surface area (Å²) in [6.45, 7) is 8.75. The van der Waals surface area contributed by atoms with E-state index >= 15 is 0 Å². The van der Waals surface area contributed by atoms with Crippen molar-refractivity contribution >= 4 is 11.8 Å². The van der Waals surface area contributed by atoms with E-state index in [0.717, 1.165) is 41.8 Å². The van der Waals surface area contributed by atoms with Gasteiger partial charge in [0.25, 0.3) is 0 Å². The lowest BCUT2D eigenvalue weighted by atomic mass is 10.0. The molecule has 1 aliphatic heterocycles. The molecule has 0 aromatic heterocycles. The fourth-order valence-electron chi connectivity index (χ4n) is 3.53. The van der Waals surface area contributed by atoms with Crippen LogP contribution >= 0.6 is 0 Å². The number of hydrogen-bond acceptors (Lipinski definition) is 3. The molecule has 25 heavy (non-hydrogen) atoms. The maximum atomic E-state index is 12.8. The third kappa shape index (κ3) is 4.97. The fourth-order valence-corrected chi connectivity index (χ4v) is 3.53. The Bertz CT molecular complexity index is 628. The highest BCUT2D eigenvalue weighted by atomic mass is 16.5. The van der Waals surface area contributed by atoms with Gasteiger partial charge >= 0.3 is 0 Å². The molecular weight excluding hydrogens is 316 g/mol. The minimum Gasteiger partial charge on any atom is -0.496 e. The second-order valence-electron chi connectivity index (χ2n) is 6.82. The van der Waals surface area contributed by atoms with Crippen molar-refractivity contribution in [3.05, 3.63) is 28.8 Å². The molecule has 5 nitrogen and oxygen atoms in total.